The van der Waals surface area contributed by atoms with E-state index in [0.717, 1.165) is 0 Å². The van der Waals surface area contributed by atoms with Gasteiger partial charge in [-0.1, -0.05) is 20.8 Å². The number of rotatable bonds is 5. The highest BCUT2D eigenvalue weighted by Crippen LogP contribution is 2.28. The Morgan fingerprint density at radius 2 is 1.90 bits per heavy atom. The molecule has 0 aliphatic heterocycles. The van der Waals surface area contributed by atoms with Crippen molar-refractivity contribution in [1.29, 1.82) is 0 Å². The monoisotopic (exact) mass is 279 g/mol. The Balaban J connectivity index is 3.05. The topological polar surface area (TPSA) is 64.6 Å². The molecule has 0 fully saturated rings. The van der Waals surface area contributed by atoms with Crippen molar-refractivity contribution in [1.82, 2.24) is 0 Å². The third kappa shape index (κ3) is 4.35. The van der Waals surface area contributed by atoms with Gasteiger partial charge in [-0.3, -0.25) is 9.59 Å². The molecule has 0 saturated heterocycles. The molecule has 0 unspecified atom stereocenters. The number of Topliss-reactive ketones (excluding diaryl/α,β-unsaturated/α-hetero) is 1. The first-order valence-electron chi connectivity index (χ1n) is 6.34. The molecule has 1 rings (SSSR count). The number of nitrogens with one attached hydrogen (secondary N) is 1. The van der Waals surface area contributed by atoms with E-state index in [1.54, 1.807) is 18.2 Å². The summed E-state index contributed by atoms with van der Waals surface area (Å²) >= 11 is 0. The second-order valence-electron chi connectivity index (χ2n) is 5.52. The highest BCUT2D eigenvalue weighted by atomic mass is 16.7. The predicted octanol–water partition coefficient (Wildman–Crippen LogP) is 2.86. The van der Waals surface area contributed by atoms with Crippen LogP contribution in [0.5, 0.6) is 5.75 Å². The number of anilines is 1. The van der Waals surface area contributed by atoms with Crippen LogP contribution in [0.25, 0.3) is 0 Å². The molecule has 0 spiro atoms. The fourth-order valence-electron chi connectivity index (χ4n) is 1.40. The maximum atomic E-state index is 12.0. The maximum Gasteiger partial charge on any atom is 0.229 e. The summed E-state index contributed by atoms with van der Waals surface area (Å²) in [6.45, 7) is 6.98. The van der Waals surface area contributed by atoms with Gasteiger partial charge < -0.3 is 14.8 Å². The number of hydrogen-bond donors (Lipinski definition) is 1. The molecular formula is C15H21NO4. The third-order valence-electron chi connectivity index (χ3n) is 2.65. The van der Waals surface area contributed by atoms with Crippen molar-refractivity contribution in [2.24, 2.45) is 5.41 Å². The van der Waals surface area contributed by atoms with Crippen LogP contribution in [0.1, 0.15) is 38.1 Å². The second kappa shape index (κ2) is 6.52. The van der Waals surface area contributed by atoms with Crippen LogP contribution < -0.4 is 10.1 Å². The largest absolute Gasteiger partial charge is 0.465 e. The Kier molecular flexibility index (Phi) is 5.27. The Hall–Kier alpha value is -1.88. The molecule has 5 nitrogen and oxygen atoms in total. The van der Waals surface area contributed by atoms with Crippen LogP contribution in [0.3, 0.4) is 0 Å². The van der Waals surface area contributed by atoms with Gasteiger partial charge in [-0.2, -0.15) is 0 Å². The fraction of sp³-hybridized carbons (Fsp3) is 0.467. The van der Waals surface area contributed by atoms with Crippen molar-refractivity contribution >= 4 is 17.4 Å². The molecule has 0 aliphatic carbocycles. The van der Waals surface area contributed by atoms with E-state index in [9.17, 15) is 9.59 Å². The number of amides is 1. The van der Waals surface area contributed by atoms with Crippen molar-refractivity contribution in [3.63, 3.8) is 0 Å². The summed E-state index contributed by atoms with van der Waals surface area (Å²) in [5.41, 5.74) is 0.523. The van der Waals surface area contributed by atoms with Gasteiger partial charge in [0.15, 0.2) is 12.6 Å². The highest BCUT2D eigenvalue weighted by Gasteiger charge is 2.22. The molecule has 20 heavy (non-hydrogen) atoms. The van der Waals surface area contributed by atoms with E-state index in [-0.39, 0.29) is 18.5 Å². The van der Waals surface area contributed by atoms with Crippen LogP contribution in [-0.2, 0) is 9.53 Å². The quantitative estimate of drug-likeness (QED) is 0.665. The fourth-order valence-corrected chi connectivity index (χ4v) is 1.40. The molecule has 0 radical (unpaired) electrons. The highest BCUT2D eigenvalue weighted by molar-refractivity contribution is 5.98. The summed E-state index contributed by atoms with van der Waals surface area (Å²) < 4.78 is 10.3. The van der Waals surface area contributed by atoms with Gasteiger partial charge in [0.2, 0.25) is 5.91 Å². The molecule has 0 bridgehead atoms. The first kappa shape index (κ1) is 16.2. The lowest BCUT2D eigenvalue weighted by atomic mass is 9.95. The van der Waals surface area contributed by atoms with Crippen LogP contribution in [0.15, 0.2) is 18.2 Å². The molecule has 1 N–H and O–H groups in total. The lowest BCUT2D eigenvalue weighted by Crippen LogP contribution is -2.27. The first-order valence-corrected chi connectivity index (χ1v) is 6.34. The van der Waals surface area contributed by atoms with Gasteiger partial charge >= 0.3 is 0 Å². The lowest BCUT2D eigenvalue weighted by Gasteiger charge is -2.19. The summed E-state index contributed by atoms with van der Waals surface area (Å²) in [5.74, 6) is 0.216. The van der Waals surface area contributed by atoms with Gasteiger partial charge in [-0.05, 0) is 25.1 Å². The third-order valence-corrected chi connectivity index (χ3v) is 2.65. The number of ketones is 1. The van der Waals surface area contributed by atoms with Gasteiger partial charge in [0, 0.05) is 18.1 Å². The van der Waals surface area contributed by atoms with Crippen LogP contribution in [0.4, 0.5) is 5.69 Å². The number of carbonyl (C=O) groups excluding carboxylic acids is 2. The normalized spacial score (nSPS) is 11.1. The van der Waals surface area contributed by atoms with E-state index in [0.29, 0.717) is 17.0 Å². The van der Waals surface area contributed by atoms with E-state index >= 15 is 0 Å². The average Bonchev–Trinajstić information content (AvgIpc) is 2.36. The summed E-state index contributed by atoms with van der Waals surface area (Å²) in [7, 11) is 1.50. The van der Waals surface area contributed by atoms with Gasteiger partial charge in [0.1, 0.15) is 5.75 Å². The molecular weight excluding hydrogens is 258 g/mol. The van der Waals surface area contributed by atoms with Crippen molar-refractivity contribution in [3.8, 4) is 5.75 Å². The summed E-state index contributed by atoms with van der Waals surface area (Å²) in [5, 5.41) is 2.79. The van der Waals surface area contributed by atoms with E-state index in [2.05, 4.69) is 5.32 Å². The Morgan fingerprint density at radius 3 is 2.40 bits per heavy atom. The zero-order chi connectivity index (χ0) is 15.3. The van der Waals surface area contributed by atoms with Crippen molar-refractivity contribution in [2.45, 2.75) is 27.7 Å². The standard InChI is InChI=1S/C15H21NO4/c1-10(17)11-6-7-12(13(8-11)20-9-19-5)16-14(18)15(2,3)4/h6-8H,9H2,1-5H3,(H,16,18). The molecule has 0 heterocycles. The zero-order valence-corrected chi connectivity index (χ0v) is 12.6. The second-order valence-corrected chi connectivity index (χ2v) is 5.52. The SMILES string of the molecule is COCOc1cc(C(C)=O)ccc1NC(=O)C(C)(C)C. The minimum atomic E-state index is -0.516. The van der Waals surface area contributed by atoms with Crippen molar-refractivity contribution in [3.05, 3.63) is 23.8 Å². The summed E-state index contributed by atoms with van der Waals surface area (Å²) in [6, 6.07) is 4.91. The van der Waals surface area contributed by atoms with E-state index in [1.807, 2.05) is 20.8 Å². The van der Waals surface area contributed by atoms with Crippen LogP contribution in [-0.4, -0.2) is 25.6 Å². The number of methoxy groups -OCH3 is 1. The number of hydrogen-bond acceptors (Lipinski definition) is 4. The summed E-state index contributed by atoms with van der Waals surface area (Å²) in [4.78, 5) is 23.4. The first-order chi connectivity index (χ1) is 9.25. The van der Waals surface area contributed by atoms with Crippen LogP contribution >= 0.6 is 0 Å². The molecule has 1 aromatic rings. The minimum Gasteiger partial charge on any atom is -0.465 e. The molecule has 110 valence electrons. The molecule has 1 aromatic carbocycles. The molecule has 0 aromatic heterocycles. The molecule has 0 aliphatic rings. The molecule has 0 saturated carbocycles. The Bertz CT molecular complexity index is 503. The van der Waals surface area contributed by atoms with Crippen LogP contribution in [0.2, 0.25) is 0 Å². The summed E-state index contributed by atoms with van der Waals surface area (Å²) in [6.07, 6.45) is 0. The number of ether oxygens (including phenoxy) is 2. The van der Waals surface area contributed by atoms with E-state index in [4.69, 9.17) is 9.47 Å². The van der Waals surface area contributed by atoms with Gasteiger partial charge in [-0.15, -0.1) is 0 Å². The number of carbonyl (C=O) groups is 2. The van der Waals surface area contributed by atoms with Crippen LogP contribution in [0, 0.1) is 5.41 Å². The predicted molar refractivity (Wildman–Crippen MR) is 77.0 cm³/mol. The molecule has 1 amide bonds. The van der Waals surface area contributed by atoms with E-state index in [1.165, 1.54) is 14.0 Å². The minimum absolute atomic E-state index is 0.0414. The smallest absolute Gasteiger partial charge is 0.229 e. The van der Waals surface area contributed by atoms with Crippen molar-refractivity contribution in [2.75, 3.05) is 19.2 Å². The molecule has 0 atom stereocenters. The van der Waals surface area contributed by atoms with Gasteiger partial charge in [-0.25, -0.2) is 0 Å². The van der Waals surface area contributed by atoms with Crippen molar-refractivity contribution < 1.29 is 19.1 Å². The van der Waals surface area contributed by atoms with Gasteiger partial charge in [0.25, 0.3) is 0 Å². The van der Waals surface area contributed by atoms with E-state index < -0.39 is 5.41 Å². The maximum absolute atomic E-state index is 12.0. The van der Waals surface area contributed by atoms with Gasteiger partial charge in [0.05, 0.1) is 5.69 Å². The Morgan fingerprint density at radius 1 is 1.25 bits per heavy atom. The zero-order valence-electron chi connectivity index (χ0n) is 12.6. The lowest BCUT2D eigenvalue weighted by molar-refractivity contribution is -0.123. The number of benzene rings is 1. The Labute approximate surface area is 119 Å². The average molecular weight is 279 g/mol. The molecule has 5 heteroatoms.